The van der Waals surface area contributed by atoms with Crippen LogP contribution in [0, 0.1) is 0 Å². The van der Waals surface area contributed by atoms with Gasteiger partial charge in [0.25, 0.3) is 0 Å². The molecule has 0 unspecified atom stereocenters. The average molecular weight is 506 g/mol. The summed E-state index contributed by atoms with van der Waals surface area (Å²) in [5.41, 5.74) is 10.00. The summed E-state index contributed by atoms with van der Waals surface area (Å²) in [5, 5.41) is 0. The van der Waals surface area contributed by atoms with Crippen molar-refractivity contribution in [3.8, 4) is 39.6 Å². The third-order valence-electron chi connectivity index (χ3n) is 8.10. The molecule has 1 saturated carbocycles. The summed E-state index contributed by atoms with van der Waals surface area (Å²) in [6, 6.07) is 26.1. The van der Waals surface area contributed by atoms with Gasteiger partial charge in [-0.3, -0.25) is 4.79 Å². The summed E-state index contributed by atoms with van der Waals surface area (Å²) < 4.78 is 19.2. The van der Waals surface area contributed by atoms with Crippen LogP contribution in [-0.2, 0) is 28.8 Å². The Morgan fingerprint density at radius 3 is 2.58 bits per heavy atom. The number of aryl methyl sites for hydroxylation is 2. The van der Waals surface area contributed by atoms with Gasteiger partial charge in [-0.15, -0.1) is 0 Å². The number of benzene rings is 3. The first-order chi connectivity index (χ1) is 18.7. The number of hydrogen-bond donors (Lipinski definition) is 0. The molecule has 192 valence electrons. The zero-order chi connectivity index (χ0) is 25.5. The van der Waals surface area contributed by atoms with Gasteiger partial charge in [-0.1, -0.05) is 36.4 Å². The Kier molecular flexibility index (Phi) is 5.92. The van der Waals surface area contributed by atoms with Crippen molar-refractivity contribution >= 4 is 5.97 Å². The topological polar surface area (TPSA) is 49.7 Å². The zero-order valence-corrected chi connectivity index (χ0v) is 21.4. The first-order valence-electron chi connectivity index (χ1n) is 13.7. The van der Waals surface area contributed by atoms with Crippen LogP contribution in [-0.4, -0.2) is 23.4 Å². The van der Waals surface area contributed by atoms with Crippen LogP contribution in [0.2, 0.25) is 0 Å². The second kappa shape index (κ2) is 9.71. The molecule has 2 heterocycles. The molecule has 0 amide bonds. The van der Waals surface area contributed by atoms with E-state index in [4.69, 9.17) is 14.2 Å². The van der Waals surface area contributed by atoms with Crippen molar-refractivity contribution in [2.45, 2.75) is 57.5 Å². The highest BCUT2D eigenvalue weighted by atomic mass is 16.7. The van der Waals surface area contributed by atoms with Crippen molar-refractivity contribution < 1.29 is 19.0 Å². The van der Waals surface area contributed by atoms with E-state index in [0.29, 0.717) is 6.42 Å². The molecule has 4 aromatic rings. The monoisotopic (exact) mass is 505 g/mol. The van der Waals surface area contributed by atoms with E-state index < -0.39 is 0 Å². The Morgan fingerprint density at radius 1 is 0.895 bits per heavy atom. The third-order valence-corrected chi connectivity index (χ3v) is 8.10. The second-order valence-electron chi connectivity index (χ2n) is 10.5. The smallest absolute Gasteiger partial charge is 0.306 e. The molecular formula is C33H31NO4. The number of ether oxygens (including phenoxy) is 3. The molecule has 0 atom stereocenters. The molecule has 1 aliphatic heterocycles. The third kappa shape index (κ3) is 4.26. The maximum atomic E-state index is 12.1. The number of esters is 1. The predicted molar refractivity (Wildman–Crippen MR) is 147 cm³/mol. The standard InChI is InChI=1S/C33H31NO4/c35-33(38-26-7-4-8-26)10-3-5-22-11-15-25(16-12-22)34-29-17-13-23-6-1-2-9-27(23)28(29)20-30(34)24-14-18-31-32(19-24)37-21-36-31/h1-2,6,9,11-12,14-16,18-20,26H,3-5,7-8,10,13,17,21H2. The molecule has 0 saturated heterocycles. The minimum Gasteiger partial charge on any atom is -0.462 e. The number of fused-ring (bicyclic) bond motifs is 4. The maximum Gasteiger partial charge on any atom is 0.306 e. The van der Waals surface area contributed by atoms with Crippen molar-refractivity contribution in [2.75, 3.05) is 6.79 Å². The van der Waals surface area contributed by atoms with E-state index in [1.165, 1.54) is 34.4 Å². The van der Waals surface area contributed by atoms with Gasteiger partial charge in [0.1, 0.15) is 6.10 Å². The van der Waals surface area contributed by atoms with Crippen LogP contribution in [0.3, 0.4) is 0 Å². The first-order valence-corrected chi connectivity index (χ1v) is 13.7. The molecule has 0 N–H and O–H groups in total. The van der Waals surface area contributed by atoms with Crippen molar-refractivity contribution in [2.24, 2.45) is 0 Å². The molecule has 7 rings (SSSR count). The van der Waals surface area contributed by atoms with Gasteiger partial charge in [-0.05, 0) is 98.0 Å². The minimum atomic E-state index is -0.0565. The Bertz CT molecular complexity index is 1500. The highest BCUT2D eigenvalue weighted by Gasteiger charge is 2.25. The van der Waals surface area contributed by atoms with Gasteiger partial charge in [-0.25, -0.2) is 0 Å². The minimum absolute atomic E-state index is 0.0565. The van der Waals surface area contributed by atoms with Gasteiger partial charge in [0.15, 0.2) is 11.5 Å². The van der Waals surface area contributed by atoms with E-state index in [2.05, 4.69) is 71.3 Å². The number of carbonyl (C=O) groups excluding carboxylic acids is 1. The summed E-state index contributed by atoms with van der Waals surface area (Å²) in [6.07, 6.45) is 7.57. The molecule has 1 aromatic heterocycles. The number of nitrogens with zero attached hydrogens (tertiary/aromatic N) is 1. The number of hydrogen-bond acceptors (Lipinski definition) is 4. The van der Waals surface area contributed by atoms with E-state index >= 15 is 0 Å². The van der Waals surface area contributed by atoms with Gasteiger partial charge in [0.2, 0.25) is 6.79 Å². The Balaban J connectivity index is 1.19. The van der Waals surface area contributed by atoms with Crippen molar-refractivity contribution in [3.05, 3.63) is 89.6 Å². The van der Waals surface area contributed by atoms with Gasteiger partial charge in [0.05, 0.1) is 5.69 Å². The molecule has 38 heavy (non-hydrogen) atoms. The molecule has 0 bridgehead atoms. The SMILES string of the molecule is O=C(CCCc1ccc(-n2c(-c3ccc4c(c3)OCO4)cc3c2CCc2ccccc2-3)cc1)OC1CCC1. The van der Waals surface area contributed by atoms with Crippen LogP contribution >= 0.6 is 0 Å². The van der Waals surface area contributed by atoms with Crippen LogP contribution in [0.15, 0.2) is 72.8 Å². The number of carbonyl (C=O) groups is 1. The lowest BCUT2D eigenvalue weighted by Crippen LogP contribution is -2.24. The van der Waals surface area contributed by atoms with Crippen molar-refractivity contribution in [1.82, 2.24) is 4.57 Å². The van der Waals surface area contributed by atoms with Crippen LogP contribution in [0.25, 0.3) is 28.1 Å². The van der Waals surface area contributed by atoms with Crippen LogP contribution in [0.4, 0.5) is 0 Å². The lowest BCUT2D eigenvalue weighted by molar-refractivity contribution is -0.153. The lowest BCUT2D eigenvalue weighted by Gasteiger charge is -2.25. The fraction of sp³-hybridized carbons (Fsp3) is 0.303. The molecular weight excluding hydrogens is 474 g/mol. The summed E-state index contributed by atoms with van der Waals surface area (Å²) in [5.74, 6) is 1.53. The normalized spacial score (nSPS) is 15.5. The highest BCUT2D eigenvalue weighted by Crippen LogP contribution is 2.43. The number of aromatic nitrogens is 1. The van der Waals surface area contributed by atoms with E-state index in [0.717, 1.165) is 67.0 Å². The molecule has 3 aliphatic rings. The summed E-state index contributed by atoms with van der Waals surface area (Å²) >= 11 is 0. The number of rotatable bonds is 7. The fourth-order valence-corrected chi connectivity index (χ4v) is 5.83. The van der Waals surface area contributed by atoms with Gasteiger partial charge >= 0.3 is 5.97 Å². The van der Waals surface area contributed by atoms with Gasteiger partial charge in [0, 0.05) is 28.9 Å². The van der Waals surface area contributed by atoms with Crippen molar-refractivity contribution in [3.63, 3.8) is 0 Å². The molecule has 0 spiro atoms. The largest absolute Gasteiger partial charge is 0.462 e. The zero-order valence-electron chi connectivity index (χ0n) is 21.4. The predicted octanol–water partition coefficient (Wildman–Crippen LogP) is 7.06. The molecule has 1 fully saturated rings. The Labute approximate surface area is 223 Å². The van der Waals surface area contributed by atoms with E-state index in [1.807, 2.05) is 6.07 Å². The Hall–Kier alpha value is -3.99. The second-order valence-corrected chi connectivity index (χ2v) is 10.5. The van der Waals surface area contributed by atoms with Gasteiger partial charge < -0.3 is 18.8 Å². The van der Waals surface area contributed by atoms with E-state index in [9.17, 15) is 4.79 Å². The van der Waals surface area contributed by atoms with Crippen LogP contribution in [0.5, 0.6) is 11.5 Å². The lowest BCUT2D eigenvalue weighted by atomic mass is 9.90. The first kappa shape index (κ1) is 23.2. The fourth-order valence-electron chi connectivity index (χ4n) is 5.83. The molecule has 0 radical (unpaired) electrons. The van der Waals surface area contributed by atoms with Crippen molar-refractivity contribution in [1.29, 1.82) is 0 Å². The summed E-state index contributed by atoms with van der Waals surface area (Å²) in [6.45, 7) is 0.267. The Morgan fingerprint density at radius 2 is 1.74 bits per heavy atom. The van der Waals surface area contributed by atoms with Crippen LogP contribution in [0.1, 0.15) is 48.9 Å². The summed E-state index contributed by atoms with van der Waals surface area (Å²) in [4.78, 5) is 12.1. The van der Waals surface area contributed by atoms with Crippen LogP contribution < -0.4 is 9.47 Å². The quantitative estimate of drug-likeness (QED) is 0.252. The van der Waals surface area contributed by atoms with E-state index in [-0.39, 0.29) is 18.9 Å². The highest BCUT2D eigenvalue weighted by molar-refractivity contribution is 5.81. The molecule has 3 aromatic carbocycles. The van der Waals surface area contributed by atoms with E-state index in [1.54, 1.807) is 0 Å². The summed E-state index contributed by atoms with van der Waals surface area (Å²) in [7, 11) is 0. The van der Waals surface area contributed by atoms with Gasteiger partial charge in [-0.2, -0.15) is 0 Å². The average Bonchev–Trinajstić information content (AvgIpc) is 3.56. The molecule has 2 aliphatic carbocycles. The molecule has 5 heteroatoms. The maximum absolute atomic E-state index is 12.1. The molecule has 5 nitrogen and oxygen atoms in total.